The van der Waals surface area contributed by atoms with Crippen LogP contribution in [0.3, 0.4) is 0 Å². The molecule has 0 atom stereocenters. The highest BCUT2D eigenvalue weighted by Gasteiger charge is 2.13. The summed E-state index contributed by atoms with van der Waals surface area (Å²) in [4.78, 5) is 33.8. The van der Waals surface area contributed by atoms with Crippen LogP contribution in [0.15, 0.2) is 84.6 Å². The van der Waals surface area contributed by atoms with Crippen molar-refractivity contribution in [3.05, 3.63) is 101 Å². The third-order valence-electron chi connectivity index (χ3n) is 4.27. The Labute approximate surface area is 182 Å². The Morgan fingerprint density at radius 1 is 0.903 bits per heavy atom. The Morgan fingerprint density at radius 2 is 1.77 bits per heavy atom. The topological polar surface area (TPSA) is 93.2 Å². The number of hydrogen-bond donors (Lipinski definition) is 2. The monoisotopic (exact) mass is 430 g/mol. The van der Waals surface area contributed by atoms with Crippen molar-refractivity contribution in [3.63, 3.8) is 0 Å². The van der Waals surface area contributed by atoms with Crippen LogP contribution in [-0.4, -0.2) is 21.8 Å². The number of benzene rings is 1. The number of carbonyl (C=O) groups excluding carboxylic acids is 2. The van der Waals surface area contributed by atoms with E-state index in [1.54, 1.807) is 61.1 Å². The number of hydrogen-bond acceptors (Lipinski definition) is 6. The van der Waals surface area contributed by atoms with Crippen LogP contribution in [0.4, 0.5) is 11.5 Å². The molecule has 7 nitrogen and oxygen atoms in total. The Bertz CT molecular complexity index is 1180. The van der Waals surface area contributed by atoms with Gasteiger partial charge in [0.15, 0.2) is 11.6 Å². The van der Waals surface area contributed by atoms with Crippen molar-refractivity contribution in [1.29, 1.82) is 0 Å². The molecular formula is C23H18N4O3S. The number of aromatic nitrogens is 2. The molecule has 8 heteroatoms. The number of amides is 2. The maximum absolute atomic E-state index is 12.8. The molecule has 0 bridgehead atoms. The van der Waals surface area contributed by atoms with Crippen LogP contribution >= 0.6 is 11.3 Å². The Morgan fingerprint density at radius 3 is 2.58 bits per heavy atom. The van der Waals surface area contributed by atoms with E-state index in [9.17, 15) is 9.59 Å². The summed E-state index contributed by atoms with van der Waals surface area (Å²) in [6.07, 6.45) is 4.95. The van der Waals surface area contributed by atoms with E-state index in [0.29, 0.717) is 34.3 Å². The summed E-state index contributed by atoms with van der Waals surface area (Å²) in [6.45, 7) is 0.321. The highest BCUT2D eigenvalue weighted by atomic mass is 32.1. The first-order valence-electron chi connectivity index (χ1n) is 9.42. The van der Waals surface area contributed by atoms with E-state index >= 15 is 0 Å². The Kier molecular flexibility index (Phi) is 6.29. The van der Waals surface area contributed by atoms with Crippen LogP contribution in [0, 0.1) is 0 Å². The Balaban J connectivity index is 1.44. The first-order chi connectivity index (χ1) is 15.2. The SMILES string of the molecule is O=C(Nc1ncccc1OCc1ccncc1)c1cccc(NC(=O)c2cccs2)c1. The predicted molar refractivity (Wildman–Crippen MR) is 119 cm³/mol. The molecule has 0 saturated carbocycles. The molecule has 0 aliphatic rings. The van der Waals surface area contributed by atoms with Gasteiger partial charge in [-0.1, -0.05) is 12.1 Å². The maximum Gasteiger partial charge on any atom is 0.265 e. The fourth-order valence-electron chi connectivity index (χ4n) is 2.76. The quantitative estimate of drug-likeness (QED) is 0.446. The molecule has 3 heterocycles. The van der Waals surface area contributed by atoms with Crippen molar-refractivity contribution in [2.24, 2.45) is 0 Å². The standard InChI is InChI=1S/C23H18N4O3S/c28-22(17-4-1-5-18(14-17)26-23(29)20-7-3-13-31-20)27-21-19(6-2-10-25-21)30-15-16-8-11-24-12-9-16/h1-14H,15H2,(H,26,29)(H,25,27,28). The number of ether oxygens (including phenoxy) is 1. The molecular weight excluding hydrogens is 412 g/mol. The van der Waals surface area contributed by atoms with Crippen LogP contribution in [0.25, 0.3) is 0 Å². The lowest BCUT2D eigenvalue weighted by atomic mass is 10.2. The molecule has 154 valence electrons. The molecule has 0 saturated heterocycles. The zero-order valence-electron chi connectivity index (χ0n) is 16.3. The number of rotatable bonds is 7. The van der Waals surface area contributed by atoms with Crippen LogP contribution in [0.5, 0.6) is 5.75 Å². The van der Waals surface area contributed by atoms with E-state index in [0.717, 1.165) is 5.56 Å². The second-order valence-electron chi connectivity index (χ2n) is 6.46. The molecule has 31 heavy (non-hydrogen) atoms. The summed E-state index contributed by atoms with van der Waals surface area (Å²) in [7, 11) is 0. The van der Waals surface area contributed by atoms with Gasteiger partial charge in [0, 0.05) is 29.8 Å². The van der Waals surface area contributed by atoms with Gasteiger partial charge >= 0.3 is 0 Å². The van der Waals surface area contributed by atoms with Gasteiger partial charge in [-0.3, -0.25) is 14.6 Å². The number of pyridine rings is 2. The average Bonchev–Trinajstić information content (AvgIpc) is 3.35. The van der Waals surface area contributed by atoms with Gasteiger partial charge in [0.25, 0.3) is 11.8 Å². The van der Waals surface area contributed by atoms with Crippen molar-refractivity contribution >= 4 is 34.7 Å². The lowest BCUT2D eigenvalue weighted by Gasteiger charge is -2.12. The van der Waals surface area contributed by atoms with Crippen LogP contribution in [-0.2, 0) is 6.61 Å². The number of nitrogens with zero attached hydrogens (tertiary/aromatic N) is 2. The number of nitrogens with one attached hydrogen (secondary N) is 2. The van der Waals surface area contributed by atoms with Gasteiger partial charge in [-0.25, -0.2) is 4.98 Å². The van der Waals surface area contributed by atoms with Gasteiger partial charge in [0.1, 0.15) is 6.61 Å². The van der Waals surface area contributed by atoms with E-state index in [1.165, 1.54) is 11.3 Å². The number of thiophene rings is 1. The average molecular weight is 430 g/mol. The lowest BCUT2D eigenvalue weighted by molar-refractivity contribution is 0.101. The minimum Gasteiger partial charge on any atom is -0.485 e. The minimum atomic E-state index is -0.361. The zero-order valence-corrected chi connectivity index (χ0v) is 17.1. The third kappa shape index (κ3) is 5.31. The van der Waals surface area contributed by atoms with E-state index < -0.39 is 0 Å². The van der Waals surface area contributed by atoms with E-state index in [4.69, 9.17) is 4.74 Å². The molecule has 0 radical (unpaired) electrons. The number of carbonyl (C=O) groups is 2. The largest absolute Gasteiger partial charge is 0.485 e. The van der Waals surface area contributed by atoms with Crippen molar-refractivity contribution in [2.75, 3.05) is 10.6 Å². The van der Waals surface area contributed by atoms with Crippen molar-refractivity contribution < 1.29 is 14.3 Å². The third-order valence-corrected chi connectivity index (χ3v) is 5.14. The Hall–Kier alpha value is -4.04. The summed E-state index contributed by atoms with van der Waals surface area (Å²) < 4.78 is 5.82. The van der Waals surface area contributed by atoms with Crippen molar-refractivity contribution in [3.8, 4) is 5.75 Å². The predicted octanol–water partition coefficient (Wildman–Crippen LogP) is 4.62. The van der Waals surface area contributed by atoms with Crippen LogP contribution in [0.2, 0.25) is 0 Å². The highest BCUT2D eigenvalue weighted by molar-refractivity contribution is 7.12. The molecule has 4 aromatic rings. The van der Waals surface area contributed by atoms with Crippen molar-refractivity contribution in [2.45, 2.75) is 6.61 Å². The molecule has 0 aliphatic carbocycles. The highest BCUT2D eigenvalue weighted by Crippen LogP contribution is 2.23. The molecule has 2 amide bonds. The summed E-state index contributed by atoms with van der Waals surface area (Å²) in [5.74, 6) is 0.188. The van der Waals surface area contributed by atoms with Gasteiger partial charge in [0.2, 0.25) is 0 Å². The fourth-order valence-corrected chi connectivity index (χ4v) is 3.38. The van der Waals surface area contributed by atoms with Crippen LogP contribution < -0.4 is 15.4 Å². The van der Waals surface area contributed by atoms with Crippen LogP contribution in [0.1, 0.15) is 25.6 Å². The van der Waals surface area contributed by atoms with Gasteiger partial charge in [-0.05, 0) is 59.5 Å². The lowest BCUT2D eigenvalue weighted by Crippen LogP contribution is -2.15. The molecule has 3 aromatic heterocycles. The fraction of sp³-hybridized carbons (Fsp3) is 0.0435. The van der Waals surface area contributed by atoms with Crippen molar-refractivity contribution in [1.82, 2.24) is 9.97 Å². The summed E-state index contributed by atoms with van der Waals surface area (Å²) in [5, 5.41) is 7.41. The van der Waals surface area contributed by atoms with Gasteiger partial charge in [-0.15, -0.1) is 11.3 Å². The maximum atomic E-state index is 12.8. The zero-order chi connectivity index (χ0) is 21.5. The normalized spacial score (nSPS) is 10.3. The molecule has 0 fully saturated rings. The molecule has 4 rings (SSSR count). The molecule has 0 spiro atoms. The molecule has 1 aromatic carbocycles. The van der Waals surface area contributed by atoms with E-state index in [2.05, 4.69) is 20.6 Å². The minimum absolute atomic E-state index is 0.218. The molecule has 0 unspecified atom stereocenters. The molecule has 2 N–H and O–H groups in total. The first kappa shape index (κ1) is 20.2. The first-order valence-corrected chi connectivity index (χ1v) is 10.3. The van der Waals surface area contributed by atoms with Gasteiger partial charge in [0.05, 0.1) is 4.88 Å². The van der Waals surface area contributed by atoms with E-state index in [1.807, 2.05) is 23.6 Å². The summed E-state index contributed by atoms with van der Waals surface area (Å²) >= 11 is 1.35. The molecule has 0 aliphatic heterocycles. The number of anilines is 2. The van der Waals surface area contributed by atoms with Gasteiger partial charge in [-0.2, -0.15) is 0 Å². The smallest absolute Gasteiger partial charge is 0.265 e. The second-order valence-corrected chi connectivity index (χ2v) is 7.41. The summed E-state index contributed by atoms with van der Waals surface area (Å²) in [6, 6.07) is 17.4. The second kappa shape index (κ2) is 9.64. The summed E-state index contributed by atoms with van der Waals surface area (Å²) in [5.41, 5.74) is 1.86. The van der Waals surface area contributed by atoms with E-state index in [-0.39, 0.29) is 11.8 Å². The van der Waals surface area contributed by atoms with Gasteiger partial charge < -0.3 is 15.4 Å².